The first-order chi connectivity index (χ1) is 13.6. The van der Waals surface area contributed by atoms with Crippen LogP contribution in [0, 0.1) is 6.92 Å². The number of aliphatic hydroxyl groups excluding tert-OH is 1. The maximum atomic E-state index is 13.0. The molecule has 1 amide bonds. The van der Waals surface area contributed by atoms with Gasteiger partial charge in [0.05, 0.1) is 0 Å². The number of rotatable bonds is 4. The zero-order valence-electron chi connectivity index (χ0n) is 15.2. The minimum atomic E-state index is -0.205. The van der Waals surface area contributed by atoms with Crippen LogP contribution < -0.4 is 5.32 Å². The molecule has 0 atom stereocenters. The van der Waals surface area contributed by atoms with Crippen molar-refractivity contribution < 1.29 is 14.3 Å². The number of halogens is 1. The predicted octanol–water partition coefficient (Wildman–Crippen LogP) is 5.81. The van der Waals surface area contributed by atoms with Gasteiger partial charge in [-0.05, 0) is 48.2 Å². The van der Waals surface area contributed by atoms with E-state index in [4.69, 9.17) is 16.0 Å². The quantitative estimate of drug-likeness (QED) is 0.461. The Bertz CT molecular complexity index is 1180. The third-order valence-corrected chi connectivity index (χ3v) is 5.03. The number of carbonyl (C=O) groups is 1. The molecule has 0 radical (unpaired) electrons. The van der Waals surface area contributed by atoms with Crippen molar-refractivity contribution in [1.82, 2.24) is 0 Å². The zero-order valence-corrected chi connectivity index (χ0v) is 16.0. The lowest BCUT2D eigenvalue weighted by atomic mass is 10.0. The molecule has 0 bridgehead atoms. The Balaban J connectivity index is 1.68. The molecule has 1 aromatic heterocycles. The normalized spacial score (nSPS) is 11.0. The van der Waals surface area contributed by atoms with Crippen LogP contribution in [0.4, 0.5) is 5.69 Å². The molecule has 1 heterocycles. The average molecular weight is 392 g/mol. The van der Waals surface area contributed by atoms with Crippen molar-refractivity contribution in [3.8, 4) is 11.3 Å². The number of anilines is 1. The summed E-state index contributed by atoms with van der Waals surface area (Å²) >= 11 is 6.26. The Hall–Kier alpha value is -3.08. The van der Waals surface area contributed by atoms with Crippen molar-refractivity contribution in [2.75, 3.05) is 5.32 Å². The van der Waals surface area contributed by atoms with Gasteiger partial charge in [0.1, 0.15) is 18.1 Å². The monoisotopic (exact) mass is 391 g/mol. The van der Waals surface area contributed by atoms with Gasteiger partial charge in [0.25, 0.3) is 5.91 Å². The second-order valence-electron chi connectivity index (χ2n) is 6.55. The van der Waals surface area contributed by atoms with E-state index in [2.05, 4.69) is 5.32 Å². The van der Waals surface area contributed by atoms with Crippen LogP contribution in [0.25, 0.3) is 22.1 Å². The number of benzene rings is 3. The smallest absolute Gasteiger partial charge is 0.256 e. The summed E-state index contributed by atoms with van der Waals surface area (Å²) in [5, 5.41) is 14.4. The fourth-order valence-electron chi connectivity index (χ4n) is 3.19. The van der Waals surface area contributed by atoms with Gasteiger partial charge in [-0.3, -0.25) is 4.79 Å². The summed E-state index contributed by atoms with van der Waals surface area (Å²) in [6.07, 6.45) is 0. The highest BCUT2D eigenvalue weighted by Crippen LogP contribution is 2.29. The third kappa shape index (κ3) is 3.40. The van der Waals surface area contributed by atoms with Crippen LogP contribution >= 0.6 is 11.6 Å². The highest BCUT2D eigenvalue weighted by atomic mass is 35.5. The first kappa shape index (κ1) is 18.3. The van der Waals surface area contributed by atoms with Gasteiger partial charge in [0, 0.05) is 27.2 Å². The lowest BCUT2D eigenvalue weighted by molar-refractivity contribution is 0.102. The van der Waals surface area contributed by atoms with Crippen molar-refractivity contribution in [2.24, 2.45) is 0 Å². The molecule has 2 N–H and O–H groups in total. The number of aryl methyl sites for hydroxylation is 1. The molecule has 0 saturated heterocycles. The van der Waals surface area contributed by atoms with E-state index in [0.29, 0.717) is 27.8 Å². The maximum Gasteiger partial charge on any atom is 0.256 e. The summed E-state index contributed by atoms with van der Waals surface area (Å²) in [5.41, 5.74) is 3.01. The van der Waals surface area contributed by atoms with Gasteiger partial charge in [-0.1, -0.05) is 48.0 Å². The van der Waals surface area contributed by atoms with Crippen LogP contribution in [0.5, 0.6) is 0 Å². The molecular weight excluding hydrogens is 374 g/mol. The van der Waals surface area contributed by atoms with Crippen molar-refractivity contribution in [3.63, 3.8) is 0 Å². The van der Waals surface area contributed by atoms with Gasteiger partial charge in [-0.15, -0.1) is 0 Å². The molecule has 0 fully saturated rings. The van der Waals surface area contributed by atoms with E-state index in [0.717, 1.165) is 21.9 Å². The van der Waals surface area contributed by atoms with E-state index in [1.165, 1.54) is 0 Å². The standard InChI is InChI=1S/C23H18ClNO3/c1-14-8-9-15(22-11-10-16(13-26)28-22)12-21(14)25-23(27)19-6-2-5-18-17(19)4-3-7-20(18)24/h2-12,26H,13H2,1H3,(H,25,27). The molecule has 0 aliphatic heterocycles. The highest BCUT2D eigenvalue weighted by Gasteiger charge is 2.14. The Kier molecular flexibility index (Phi) is 4.90. The molecule has 140 valence electrons. The van der Waals surface area contributed by atoms with E-state index in [1.807, 2.05) is 55.5 Å². The molecule has 4 rings (SSSR count). The number of nitrogens with one attached hydrogen (secondary N) is 1. The first-order valence-corrected chi connectivity index (χ1v) is 9.24. The van der Waals surface area contributed by atoms with E-state index < -0.39 is 0 Å². The minimum Gasteiger partial charge on any atom is -0.459 e. The fraction of sp³-hybridized carbons (Fsp3) is 0.0870. The van der Waals surface area contributed by atoms with E-state index in [1.54, 1.807) is 18.2 Å². The van der Waals surface area contributed by atoms with Crippen molar-refractivity contribution in [1.29, 1.82) is 0 Å². The number of hydrogen-bond acceptors (Lipinski definition) is 3. The van der Waals surface area contributed by atoms with Crippen molar-refractivity contribution >= 4 is 34.0 Å². The molecule has 0 saturated carbocycles. The Labute approximate surface area is 167 Å². The second kappa shape index (κ2) is 7.50. The topological polar surface area (TPSA) is 62.5 Å². The summed E-state index contributed by atoms with van der Waals surface area (Å²) in [5.74, 6) is 0.925. The summed E-state index contributed by atoms with van der Waals surface area (Å²) in [4.78, 5) is 13.0. The van der Waals surface area contributed by atoms with Crippen LogP contribution in [0.2, 0.25) is 5.02 Å². The molecule has 0 aliphatic rings. The predicted molar refractivity (Wildman–Crippen MR) is 112 cm³/mol. The zero-order chi connectivity index (χ0) is 19.7. The number of carbonyl (C=O) groups excluding carboxylic acids is 1. The van der Waals surface area contributed by atoms with Crippen LogP contribution in [-0.4, -0.2) is 11.0 Å². The molecule has 28 heavy (non-hydrogen) atoms. The summed E-state index contributed by atoms with van der Waals surface area (Å²) in [6, 6.07) is 20.3. The minimum absolute atomic E-state index is 0.154. The van der Waals surface area contributed by atoms with E-state index in [-0.39, 0.29) is 12.5 Å². The fourth-order valence-corrected chi connectivity index (χ4v) is 3.42. The lowest BCUT2D eigenvalue weighted by Gasteiger charge is -2.12. The number of hydrogen-bond donors (Lipinski definition) is 2. The van der Waals surface area contributed by atoms with Gasteiger partial charge in [-0.2, -0.15) is 0 Å². The Morgan fingerprint density at radius 1 is 1.04 bits per heavy atom. The SMILES string of the molecule is Cc1ccc(-c2ccc(CO)o2)cc1NC(=O)c1cccc2c(Cl)cccc12. The lowest BCUT2D eigenvalue weighted by Crippen LogP contribution is -2.13. The van der Waals surface area contributed by atoms with Crippen LogP contribution in [-0.2, 0) is 6.61 Å². The van der Waals surface area contributed by atoms with Crippen molar-refractivity contribution in [2.45, 2.75) is 13.5 Å². The maximum absolute atomic E-state index is 13.0. The van der Waals surface area contributed by atoms with E-state index >= 15 is 0 Å². The van der Waals surface area contributed by atoms with Crippen molar-refractivity contribution in [3.05, 3.63) is 88.6 Å². The van der Waals surface area contributed by atoms with Gasteiger partial charge in [0.2, 0.25) is 0 Å². The first-order valence-electron chi connectivity index (χ1n) is 8.86. The molecule has 4 nitrogen and oxygen atoms in total. The number of fused-ring (bicyclic) bond motifs is 1. The highest BCUT2D eigenvalue weighted by molar-refractivity contribution is 6.36. The molecule has 4 aromatic rings. The molecule has 5 heteroatoms. The summed E-state index contributed by atoms with van der Waals surface area (Å²) in [7, 11) is 0. The third-order valence-electron chi connectivity index (χ3n) is 4.70. The van der Waals surface area contributed by atoms with Gasteiger partial charge in [-0.25, -0.2) is 0 Å². The van der Waals surface area contributed by atoms with Crippen LogP contribution in [0.15, 0.2) is 71.1 Å². The number of aliphatic hydroxyl groups is 1. The molecular formula is C23H18ClNO3. The summed E-state index contributed by atoms with van der Waals surface area (Å²) in [6.45, 7) is 1.78. The van der Waals surface area contributed by atoms with E-state index in [9.17, 15) is 9.90 Å². The van der Waals surface area contributed by atoms with Crippen LogP contribution in [0.3, 0.4) is 0 Å². The largest absolute Gasteiger partial charge is 0.459 e. The molecule has 0 spiro atoms. The van der Waals surface area contributed by atoms with Gasteiger partial charge < -0.3 is 14.8 Å². The number of furan rings is 1. The molecule has 0 aliphatic carbocycles. The van der Waals surface area contributed by atoms with Crippen LogP contribution in [0.1, 0.15) is 21.7 Å². The summed E-state index contributed by atoms with van der Waals surface area (Å²) < 4.78 is 5.60. The molecule has 3 aromatic carbocycles. The Morgan fingerprint density at radius 2 is 1.82 bits per heavy atom. The van der Waals surface area contributed by atoms with Gasteiger partial charge >= 0.3 is 0 Å². The average Bonchev–Trinajstić information content (AvgIpc) is 3.19. The Morgan fingerprint density at radius 3 is 2.61 bits per heavy atom. The molecule has 0 unspecified atom stereocenters. The van der Waals surface area contributed by atoms with Gasteiger partial charge in [0.15, 0.2) is 0 Å². The second-order valence-corrected chi connectivity index (χ2v) is 6.96. The number of amides is 1.